The summed E-state index contributed by atoms with van der Waals surface area (Å²) in [4.78, 5) is 67.2. The van der Waals surface area contributed by atoms with Crippen molar-refractivity contribution in [3.63, 3.8) is 0 Å². The number of hydrogen-bond acceptors (Lipinski definition) is 6. The number of ketones is 1. The van der Waals surface area contributed by atoms with Gasteiger partial charge in [0.1, 0.15) is 11.6 Å². The van der Waals surface area contributed by atoms with Crippen LogP contribution in [-0.4, -0.2) is 40.4 Å². The highest BCUT2D eigenvalue weighted by Gasteiger charge is 2.46. The number of nitrogens with one attached hydrogen (secondary N) is 3. The van der Waals surface area contributed by atoms with Gasteiger partial charge in [0, 0.05) is 0 Å². The maximum atomic E-state index is 13.6. The molecule has 3 N–H and O–H groups in total. The van der Waals surface area contributed by atoms with Gasteiger partial charge in [0.05, 0.1) is 24.4 Å². The number of imide groups is 1. The van der Waals surface area contributed by atoms with Gasteiger partial charge in [-0.3, -0.25) is 29.3 Å². The van der Waals surface area contributed by atoms with Gasteiger partial charge in [-0.25, -0.2) is 4.98 Å². The fraction of sp³-hybridized carbons (Fsp3) is 0.310. The van der Waals surface area contributed by atoms with Crippen LogP contribution in [0.2, 0.25) is 0 Å². The van der Waals surface area contributed by atoms with Crippen molar-refractivity contribution in [2.75, 3.05) is 0 Å². The van der Waals surface area contributed by atoms with E-state index in [0.717, 1.165) is 16.8 Å². The van der Waals surface area contributed by atoms with E-state index < -0.39 is 59.3 Å². The summed E-state index contributed by atoms with van der Waals surface area (Å²) in [6, 6.07) is 15.0. The average Bonchev–Trinajstić information content (AvgIpc) is 3.16. The quantitative estimate of drug-likeness (QED) is 0.220. The van der Waals surface area contributed by atoms with E-state index in [4.69, 9.17) is 0 Å². The molecule has 1 aromatic heterocycles. The van der Waals surface area contributed by atoms with E-state index in [9.17, 15) is 28.4 Å². The third-order valence-corrected chi connectivity index (χ3v) is 6.86. The van der Waals surface area contributed by atoms with Crippen molar-refractivity contribution in [1.82, 2.24) is 20.9 Å². The van der Waals surface area contributed by atoms with E-state index in [0.29, 0.717) is 5.56 Å². The van der Waals surface area contributed by atoms with E-state index in [2.05, 4.69) is 20.9 Å². The Balaban J connectivity index is 1.58. The lowest BCUT2D eigenvalue weighted by Gasteiger charge is -2.26. The number of nitrogens with zero attached hydrogens (tertiary/aromatic N) is 1. The number of carbonyl (C=O) groups is 5. The predicted octanol–water partition coefficient (Wildman–Crippen LogP) is 2.85. The SMILES string of the molecule is CC(C)[C@H](NC(=O)CC(NC(=O)c1cccc(F)n1)c1ccc2ccccc2c1)C(=O)[C@@H]1C(=O)NC(=O)[C@H]1C. The van der Waals surface area contributed by atoms with Crippen molar-refractivity contribution < 1.29 is 28.4 Å². The normalized spacial score (nSPS) is 18.5. The Kier molecular flexibility index (Phi) is 8.13. The second kappa shape index (κ2) is 11.5. The number of rotatable bonds is 9. The van der Waals surface area contributed by atoms with Crippen LogP contribution in [-0.2, 0) is 19.2 Å². The van der Waals surface area contributed by atoms with Crippen molar-refractivity contribution in [2.45, 2.75) is 39.3 Å². The zero-order chi connectivity index (χ0) is 28.3. The van der Waals surface area contributed by atoms with E-state index in [1.54, 1.807) is 19.9 Å². The summed E-state index contributed by atoms with van der Waals surface area (Å²) in [6.07, 6.45) is -0.249. The molecule has 2 heterocycles. The van der Waals surface area contributed by atoms with Crippen molar-refractivity contribution in [3.05, 3.63) is 77.9 Å². The van der Waals surface area contributed by atoms with Crippen molar-refractivity contribution in [2.24, 2.45) is 17.8 Å². The highest BCUT2D eigenvalue weighted by atomic mass is 19.1. The summed E-state index contributed by atoms with van der Waals surface area (Å²) in [5, 5.41) is 9.47. The Morgan fingerprint density at radius 2 is 1.67 bits per heavy atom. The molecule has 1 aliphatic heterocycles. The van der Waals surface area contributed by atoms with Gasteiger partial charge in [0.15, 0.2) is 5.78 Å². The molecule has 0 aliphatic carbocycles. The van der Waals surface area contributed by atoms with Gasteiger partial charge >= 0.3 is 0 Å². The zero-order valence-corrected chi connectivity index (χ0v) is 21.7. The highest BCUT2D eigenvalue weighted by Crippen LogP contribution is 2.25. The molecule has 4 amide bonds. The first kappa shape index (κ1) is 27.6. The van der Waals surface area contributed by atoms with Crippen LogP contribution < -0.4 is 16.0 Å². The van der Waals surface area contributed by atoms with Crippen LogP contribution in [0.1, 0.15) is 49.3 Å². The molecule has 1 saturated heterocycles. The Hall–Kier alpha value is -4.47. The molecule has 0 bridgehead atoms. The van der Waals surface area contributed by atoms with Crippen LogP contribution in [0.4, 0.5) is 4.39 Å². The molecule has 9 nitrogen and oxygen atoms in total. The van der Waals surface area contributed by atoms with E-state index in [1.807, 2.05) is 36.4 Å². The number of fused-ring (bicyclic) bond motifs is 1. The van der Waals surface area contributed by atoms with Gasteiger partial charge in [-0.15, -0.1) is 0 Å². The minimum absolute atomic E-state index is 0.151. The van der Waals surface area contributed by atoms with Crippen LogP contribution in [0.25, 0.3) is 10.8 Å². The number of benzene rings is 2. The first-order valence-electron chi connectivity index (χ1n) is 12.6. The highest BCUT2D eigenvalue weighted by molar-refractivity contribution is 6.16. The maximum absolute atomic E-state index is 13.6. The topological polar surface area (TPSA) is 134 Å². The Labute approximate surface area is 224 Å². The Bertz CT molecular complexity index is 1460. The minimum atomic E-state index is -1.19. The molecule has 0 saturated carbocycles. The van der Waals surface area contributed by atoms with Crippen molar-refractivity contribution in [1.29, 1.82) is 0 Å². The summed E-state index contributed by atoms with van der Waals surface area (Å²) in [7, 11) is 0. The van der Waals surface area contributed by atoms with Gasteiger partial charge in [0.2, 0.25) is 23.7 Å². The molecular formula is C29H29FN4O5. The molecule has 3 aromatic rings. The standard InChI is InChI=1S/C29H29FN4O5/c1-15(2)25(26(36)24-16(3)27(37)34-29(24)39)33-23(35)14-21(32-28(38)20-9-6-10-22(30)31-20)19-12-11-17-7-4-5-8-18(17)13-19/h4-13,15-16,21,24-25H,14H2,1-3H3,(H,32,38)(H,33,35)(H,34,37,39)/t16-,21?,24+,25-/m0/s1. The van der Waals surface area contributed by atoms with Crippen molar-refractivity contribution in [3.8, 4) is 0 Å². The number of carbonyl (C=O) groups excluding carboxylic acids is 5. The predicted molar refractivity (Wildman–Crippen MR) is 141 cm³/mol. The molecule has 4 atom stereocenters. The Morgan fingerprint density at radius 3 is 2.31 bits per heavy atom. The first-order chi connectivity index (χ1) is 18.5. The molecule has 202 valence electrons. The Morgan fingerprint density at radius 1 is 0.949 bits per heavy atom. The number of hydrogen-bond donors (Lipinski definition) is 3. The number of amides is 4. The second-order valence-corrected chi connectivity index (χ2v) is 9.99. The van der Waals surface area contributed by atoms with E-state index in [1.165, 1.54) is 19.1 Å². The van der Waals surface area contributed by atoms with Crippen LogP contribution in [0.5, 0.6) is 0 Å². The summed E-state index contributed by atoms with van der Waals surface area (Å²) < 4.78 is 13.6. The molecular weight excluding hydrogens is 503 g/mol. The number of Topliss-reactive ketones (excluding diaryl/α,β-unsaturated/α-hetero) is 1. The second-order valence-electron chi connectivity index (χ2n) is 9.99. The largest absolute Gasteiger partial charge is 0.346 e. The molecule has 4 rings (SSSR count). The number of pyridine rings is 1. The van der Waals surface area contributed by atoms with Gasteiger partial charge < -0.3 is 10.6 Å². The fourth-order valence-corrected chi connectivity index (χ4v) is 4.69. The van der Waals surface area contributed by atoms with Gasteiger partial charge in [-0.1, -0.05) is 63.2 Å². The lowest BCUT2D eigenvalue weighted by Crippen LogP contribution is -2.49. The number of halogens is 1. The van der Waals surface area contributed by atoms with Crippen molar-refractivity contribution >= 4 is 40.2 Å². The third-order valence-electron chi connectivity index (χ3n) is 6.86. The van der Waals surface area contributed by atoms with E-state index in [-0.39, 0.29) is 18.0 Å². The molecule has 2 aromatic carbocycles. The molecule has 10 heteroatoms. The smallest absolute Gasteiger partial charge is 0.270 e. The van der Waals surface area contributed by atoms with Gasteiger partial charge in [0.25, 0.3) is 5.91 Å². The molecule has 0 radical (unpaired) electrons. The summed E-state index contributed by atoms with van der Waals surface area (Å²) >= 11 is 0. The average molecular weight is 533 g/mol. The summed E-state index contributed by atoms with van der Waals surface area (Å²) in [5.41, 5.74) is 0.470. The minimum Gasteiger partial charge on any atom is -0.346 e. The van der Waals surface area contributed by atoms with Gasteiger partial charge in [-0.05, 0) is 40.5 Å². The molecule has 1 fully saturated rings. The lowest BCUT2D eigenvalue weighted by molar-refractivity contribution is -0.137. The van der Waals surface area contributed by atoms with Gasteiger partial charge in [-0.2, -0.15) is 4.39 Å². The number of aromatic nitrogens is 1. The third kappa shape index (κ3) is 6.17. The zero-order valence-electron chi connectivity index (χ0n) is 21.7. The lowest BCUT2D eigenvalue weighted by atomic mass is 9.85. The first-order valence-corrected chi connectivity index (χ1v) is 12.6. The van der Waals surface area contributed by atoms with E-state index >= 15 is 0 Å². The summed E-state index contributed by atoms with van der Waals surface area (Å²) in [5.74, 6) is -6.21. The van der Waals surface area contributed by atoms with Crippen LogP contribution >= 0.6 is 0 Å². The van der Waals surface area contributed by atoms with Crippen LogP contribution in [0.15, 0.2) is 60.7 Å². The molecule has 1 aliphatic rings. The molecule has 1 unspecified atom stereocenters. The summed E-state index contributed by atoms with van der Waals surface area (Å²) in [6.45, 7) is 4.94. The maximum Gasteiger partial charge on any atom is 0.270 e. The molecule has 0 spiro atoms. The molecule has 39 heavy (non-hydrogen) atoms. The monoisotopic (exact) mass is 532 g/mol. The fourth-order valence-electron chi connectivity index (χ4n) is 4.69. The van der Waals surface area contributed by atoms with Crippen LogP contribution in [0.3, 0.4) is 0 Å². The van der Waals surface area contributed by atoms with Crippen LogP contribution in [0, 0.1) is 23.7 Å².